The molecule has 0 aromatic heterocycles. The van der Waals surface area contributed by atoms with Gasteiger partial charge in [0.05, 0.1) is 13.2 Å². The first-order valence-electron chi connectivity index (χ1n) is 46.1. The second-order valence-corrected chi connectivity index (χ2v) is 30.9. The quantitative estimate of drug-likeness (QED) is 0.0450. The van der Waals surface area contributed by atoms with Crippen molar-refractivity contribution in [2.24, 2.45) is 0 Å². The van der Waals surface area contributed by atoms with E-state index in [1.165, 1.54) is 475 Å². The largest absolute Gasteiger partial charge is 0.319 e. The molecule has 0 aromatic rings. The van der Waals surface area contributed by atoms with Crippen molar-refractivity contribution < 1.29 is 13.6 Å². The van der Waals surface area contributed by atoms with E-state index in [0.717, 1.165) is 12.8 Å². The Labute approximate surface area is 616 Å². The summed E-state index contributed by atoms with van der Waals surface area (Å²) in [5.41, 5.74) is 0. The van der Waals surface area contributed by atoms with E-state index >= 15 is 0 Å². The van der Waals surface area contributed by atoms with E-state index in [1.807, 2.05) is 0 Å². The summed E-state index contributed by atoms with van der Waals surface area (Å²) in [4.78, 5) is 0. The van der Waals surface area contributed by atoms with E-state index in [0.29, 0.717) is 13.2 Å². The molecule has 0 heterocycles. The maximum absolute atomic E-state index is 11.9. The van der Waals surface area contributed by atoms with E-state index < -0.39 is 8.25 Å². The average Bonchev–Trinajstić information content (AvgIpc) is 3.71. The van der Waals surface area contributed by atoms with Crippen molar-refractivity contribution >= 4 is 8.25 Å². The van der Waals surface area contributed by atoms with E-state index in [4.69, 9.17) is 9.05 Å². The molecule has 0 saturated heterocycles. The number of hydrogen-bond donors (Lipinski definition) is 0. The third-order valence-corrected chi connectivity index (χ3v) is 20.1. The summed E-state index contributed by atoms with van der Waals surface area (Å²) in [6.45, 7) is 33.0. The van der Waals surface area contributed by atoms with Crippen molar-refractivity contribution in [1.82, 2.24) is 0 Å². The van der Waals surface area contributed by atoms with Gasteiger partial charge in [-0.3, -0.25) is 4.57 Å². The van der Waals surface area contributed by atoms with Crippen LogP contribution in [0.1, 0.15) is 585 Å². The van der Waals surface area contributed by atoms with Crippen LogP contribution in [0.25, 0.3) is 0 Å². The summed E-state index contributed by atoms with van der Waals surface area (Å²) in [6, 6.07) is 0. The van der Waals surface area contributed by atoms with Gasteiger partial charge in [-0.15, -0.1) is 0 Å². The zero-order valence-electron chi connectivity index (χ0n) is 70.9. The Morgan fingerprint density at radius 3 is 0.281 bits per heavy atom. The van der Waals surface area contributed by atoms with Crippen LogP contribution in [0.15, 0.2) is 0 Å². The first-order valence-corrected chi connectivity index (χ1v) is 47.3. The van der Waals surface area contributed by atoms with Crippen LogP contribution in [0, 0.1) is 0 Å². The zero-order chi connectivity index (χ0) is 72.1. The molecular weight excluding hydrogens is 1180 g/mol. The molecule has 0 fully saturated rings. The van der Waals surface area contributed by atoms with Gasteiger partial charge >= 0.3 is 8.25 Å². The van der Waals surface area contributed by atoms with E-state index in [1.54, 1.807) is 0 Å². The van der Waals surface area contributed by atoms with Crippen LogP contribution in [-0.4, -0.2) is 13.2 Å². The predicted molar refractivity (Wildman–Crippen MR) is 451 cm³/mol. The van der Waals surface area contributed by atoms with Crippen LogP contribution in [0.2, 0.25) is 0 Å². The van der Waals surface area contributed by atoms with Gasteiger partial charge in [0, 0.05) is 0 Å². The fourth-order valence-electron chi connectivity index (χ4n) is 12.2. The molecule has 590 valence electrons. The van der Waals surface area contributed by atoms with Gasteiger partial charge in [0.15, 0.2) is 0 Å². The second-order valence-electron chi connectivity index (χ2n) is 29.9. The molecule has 0 aliphatic heterocycles. The lowest BCUT2D eigenvalue weighted by Crippen LogP contribution is -1.92. The zero-order valence-corrected chi connectivity index (χ0v) is 71.9. The monoisotopic (exact) mass is 1380 g/mol. The first-order chi connectivity index (χ1) is 47.3. The Morgan fingerprint density at radius 2 is 0.198 bits per heavy atom. The molecule has 0 bridgehead atoms. The standard InChI is InChI=1S/C32H67O3P.6C10H22/c1-3-5-7-9-11-13-15-17-19-21-23-25-27-29-31-34-36(33)35-32-30-28-26-24-22-20-18-16-14-12-10-8-6-4-2;6*1-3-5-7-9-10-8-6-4-2/h36H,3-32H2,1-2H3;6*3-10H2,1-2H3. The highest BCUT2D eigenvalue weighted by atomic mass is 31.1. The van der Waals surface area contributed by atoms with E-state index in [9.17, 15) is 4.57 Å². The third-order valence-electron chi connectivity index (χ3n) is 19.2. The highest BCUT2D eigenvalue weighted by Gasteiger charge is 2.02. The van der Waals surface area contributed by atoms with Crippen molar-refractivity contribution in [1.29, 1.82) is 0 Å². The topological polar surface area (TPSA) is 35.5 Å². The van der Waals surface area contributed by atoms with Gasteiger partial charge in [0.1, 0.15) is 0 Å². The molecular formula is C92H199O3P. The Balaban J connectivity index is -0.000000216. The molecule has 3 nitrogen and oxygen atoms in total. The van der Waals surface area contributed by atoms with Crippen molar-refractivity contribution in [3.05, 3.63) is 0 Å². The smallest absolute Gasteiger partial charge is 0.311 e. The van der Waals surface area contributed by atoms with E-state index in [2.05, 4.69) is 96.9 Å². The molecule has 0 rings (SSSR count). The molecule has 0 saturated carbocycles. The van der Waals surface area contributed by atoms with Gasteiger partial charge < -0.3 is 9.05 Å². The van der Waals surface area contributed by atoms with Gasteiger partial charge in [-0.2, -0.15) is 0 Å². The molecule has 0 unspecified atom stereocenters. The first kappa shape index (κ1) is 110. The van der Waals surface area contributed by atoms with Crippen molar-refractivity contribution in [2.75, 3.05) is 13.2 Å². The number of rotatable bonds is 74. The average molecular weight is 1380 g/mol. The summed E-state index contributed by atoms with van der Waals surface area (Å²) in [6.07, 6.45) is 107. The molecule has 0 aromatic carbocycles. The number of hydrogen-bond acceptors (Lipinski definition) is 3. The van der Waals surface area contributed by atoms with Gasteiger partial charge in [-0.1, -0.05) is 572 Å². The van der Waals surface area contributed by atoms with Crippen molar-refractivity contribution in [2.45, 2.75) is 585 Å². The van der Waals surface area contributed by atoms with Gasteiger partial charge in [0.2, 0.25) is 0 Å². The van der Waals surface area contributed by atoms with Crippen molar-refractivity contribution in [3.8, 4) is 0 Å². The summed E-state index contributed by atoms with van der Waals surface area (Å²) in [5, 5.41) is 0. The lowest BCUT2D eigenvalue weighted by atomic mass is 10.0. The minimum atomic E-state index is -2.27. The normalized spacial score (nSPS) is 10.7. The Hall–Kier alpha value is 0.150. The Morgan fingerprint density at radius 1 is 0.125 bits per heavy atom. The molecule has 0 N–H and O–H groups in total. The fourth-order valence-corrected chi connectivity index (χ4v) is 12.9. The lowest BCUT2D eigenvalue weighted by molar-refractivity contribution is 0.218. The Kier molecular flexibility index (Phi) is 139. The van der Waals surface area contributed by atoms with Crippen LogP contribution >= 0.6 is 8.25 Å². The summed E-state index contributed by atoms with van der Waals surface area (Å²) >= 11 is 0. The van der Waals surface area contributed by atoms with Crippen molar-refractivity contribution in [3.63, 3.8) is 0 Å². The SMILES string of the molecule is CCCCCCCCCC.CCCCCCCCCC.CCCCCCCCCC.CCCCCCCCCC.CCCCCCCCCC.CCCCCCCCCC.CCCCCCCCCCCCCCCCO[PH](=O)OCCCCCCCCCCCCCCCC. The summed E-state index contributed by atoms with van der Waals surface area (Å²) < 4.78 is 22.6. The molecule has 0 spiro atoms. The molecule has 0 aliphatic carbocycles. The second kappa shape index (κ2) is 122. The summed E-state index contributed by atoms with van der Waals surface area (Å²) in [5.74, 6) is 0. The highest BCUT2D eigenvalue weighted by molar-refractivity contribution is 7.33. The molecule has 0 atom stereocenters. The molecule has 96 heavy (non-hydrogen) atoms. The minimum absolute atomic E-state index is 0.592. The molecule has 0 amide bonds. The fraction of sp³-hybridized carbons (Fsp3) is 1.00. The third kappa shape index (κ3) is 141. The minimum Gasteiger partial charge on any atom is -0.311 e. The Bertz CT molecular complexity index is 920. The number of unbranched alkanes of at least 4 members (excludes halogenated alkanes) is 68. The highest BCUT2D eigenvalue weighted by Crippen LogP contribution is 2.25. The van der Waals surface area contributed by atoms with Crippen LogP contribution in [0.4, 0.5) is 0 Å². The maximum atomic E-state index is 11.9. The van der Waals surface area contributed by atoms with Crippen LogP contribution < -0.4 is 0 Å². The molecule has 0 radical (unpaired) electrons. The molecule has 0 aliphatic rings. The predicted octanol–water partition coefficient (Wildman–Crippen LogP) is 37.3. The summed E-state index contributed by atoms with van der Waals surface area (Å²) in [7, 11) is -2.27. The maximum Gasteiger partial charge on any atom is 0.319 e. The van der Waals surface area contributed by atoms with Crippen LogP contribution in [-0.2, 0) is 13.6 Å². The van der Waals surface area contributed by atoms with Gasteiger partial charge in [-0.25, -0.2) is 0 Å². The molecule has 4 heteroatoms. The van der Waals surface area contributed by atoms with Crippen LogP contribution in [0.3, 0.4) is 0 Å². The van der Waals surface area contributed by atoms with Gasteiger partial charge in [-0.05, 0) is 12.8 Å². The lowest BCUT2D eigenvalue weighted by Gasteiger charge is -2.06. The van der Waals surface area contributed by atoms with Crippen LogP contribution in [0.5, 0.6) is 0 Å². The van der Waals surface area contributed by atoms with E-state index in [-0.39, 0.29) is 0 Å². The van der Waals surface area contributed by atoms with Gasteiger partial charge in [0.25, 0.3) is 0 Å².